The molecular weight excluding hydrogens is 405 g/mol. The lowest BCUT2D eigenvalue weighted by Crippen LogP contribution is -2.17. The van der Waals surface area contributed by atoms with Gasteiger partial charge in [-0.3, -0.25) is 13.9 Å². The molecule has 4 aromatic heterocycles. The van der Waals surface area contributed by atoms with Crippen molar-refractivity contribution >= 4 is 16.3 Å². The summed E-state index contributed by atoms with van der Waals surface area (Å²) in [5.41, 5.74) is 0.827. The summed E-state index contributed by atoms with van der Waals surface area (Å²) >= 11 is 1.32. The van der Waals surface area contributed by atoms with Crippen molar-refractivity contribution in [3.05, 3.63) is 63.2 Å². The van der Waals surface area contributed by atoms with Crippen LogP contribution < -0.4 is 5.56 Å². The number of rotatable bonds is 4. The van der Waals surface area contributed by atoms with Gasteiger partial charge in [-0.25, -0.2) is 15.0 Å². The van der Waals surface area contributed by atoms with Crippen LogP contribution in [0, 0.1) is 6.92 Å². The van der Waals surface area contributed by atoms with Gasteiger partial charge in [-0.05, 0) is 19.4 Å². The zero-order valence-corrected chi connectivity index (χ0v) is 16.3. The highest BCUT2D eigenvalue weighted by molar-refractivity contribution is 7.17. The first-order valence-corrected chi connectivity index (χ1v) is 9.51. The molecule has 0 N–H and O–H groups in total. The van der Waals surface area contributed by atoms with E-state index in [9.17, 15) is 18.0 Å². The Kier molecular flexibility index (Phi) is 4.69. The van der Waals surface area contributed by atoms with Crippen LogP contribution in [0.15, 0.2) is 35.6 Å². The zero-order chi connectivity index (χ0) is 20.8. The summed E-state index contributed by atoms with van der Waals surface area (Å²) in [6, 6.07) is 2.34. The highest BCUT2D eigenvalue weighted by atomic mass is 32.1. The smallest absolute Gasteiger partial charge is 0.269 e. The minimum atomic E-state index is -4.52. The van der Waals surface area contributed by atoms with Gasteiger partial charge in [0.05, 0.1) is 17.9 Å². The van der Waals surface area contributed by atoms with Gasteiger partial charge in [-0.1, -0.05) is 6.92 Å². The Bertz CT molecular complexity index is 1240. The number of hydrogen-bond donors (Lipinski definition) is 0. The van der Waals surface area contributed by atoms with Crippen molar-refractivity contribution in [3.8, 4) is 11.3 Å². The van der Waals surface area contributed by atoms with E-state index < -0.39 is 11.9 Å². The fraction of sp³-hybridized carbons (Fsp3) is 0.278. The van der Waals surface area contributed by atoms with Crippen LogP contribution >= 0.6 is 11.3 Å². The number of halogens is 3. The number of hydrogen-bond acceptors (Lipinski definition) is 6. The third kappa shape index (κ3) is 3.53. The van der Waals surface area contributed by atoms with Gasteiger partial charge in [0.25, 0.3) is 5.56 Å². The monoisotopic (exact) mass is 420 g/mol. The van der Waals surface area contributed by atoms with E-state index in [1.54, 1.807) is 19.3 Å². The van der Waals surface area contributed by atoms with Crippen molar-refractivity contribution in [2.75, 3.05) is 0 Å². The van der Waals surface area contributed by atoms with Crippen molar-refractivity contribution in [1.82, 2.24) is 29.1 Å². The van der Waals surface area contributed by atoms with E-state index >= 15 is 0 Å². The van der Waals surface area contributed by atoms with Gasteiger partial charge in [-0.2, -0.15) is 18.3 Å². The molecule has 0 radical (unpaired) electrons. The van der Waals surface area contributed by atoms with Gasteiger partial charge in [0.15, 0.2) is 10.7 Å². The topological polar surface area (TPSA) is 78.0 Å². The minimum Gasteiger partial charge on any atom is -0.269 e. The summed E-state index contributed by atoms with van der Waals surface area (Å²) in [5.74, 6) is 0. The highest BCUT2D eigenvalue weighted by Gasteiger charge is 2.34. The van der Waals surface area contributed by atoms with Crippen molar-refractivity contribution in [3.63, 3.8) is 0 Å². The number of aromatic nitrogens is 6. The lowest BCUT2D eigenvalue weighted by atomic mass is 10.2. The molecule has 0 saturated carbocycles. The van der Waals surface area contributed by atoms with E-state index in [1.165, 1.54) is 32.8 Å². The Hall–Kier alpha value is -3.08. The van der Waals surface area contributed by atoms with Crippen LogP contribution in [0.25, 0.3) is 16.2 Å². The minimum absolute atomic E-state index is 0.0221. The molecule has 0 unspecified atom stereocenters. The van der Waals surface area contributed by atoms with Gasteiger partial charge in [0, 0.05) is 34.6 Å². The van der Waals surface area contributed by atoms with Gasteiger partial charge < -0.3 is 0 Å². The number of nitrogens with zero attached hydrogens (tertiary/aromatic N) is 6. The number of alkyl halides is 3. The fourth-order valence-electron chi connectivity index (χ4n) is 3.13. The molecule has 4 rings (SSSR count). The molecule has 0 aliphatic rings. The van der Waals surface area contributed by atoms with Crippen LogP contribution in [0.3, 0.4) is 0 Å². The number of fused-ring (bicyclic) bond motifs is 1. The molecule has 0 saturated heterocycles. The second kappa shape index (κ2) is 7.07. The van der Waals surface area contributed by atoms with Crippen molar-refractivity contribution < 1.29 is 13.2 Å². The third-order valence-corrected chi connectivity index (χ3v) is 5.36. The second-order valence-electron chi connectivity index (χ2n) is 6.37. The second-order valence-corrected chi connectivity index (χ2v) is 7.55. The Morgan fingerprint density at radius 2 is 1.90 bits per heavy atom. The zero-order valence-electron chi connectivity index (χ0n) is 15.4. The summed E-state index contributed by atoms with van der Waals surface area (Å²) in [5, 5.41) is 3.66. The Morgan fingerprint density at radius 3 is 2.55 bits per heavy atom. The Balaban J connectivity index is 1.78. The number of thiazole rings is 1. The maximum atomic E-state index is 13.0. The van der Waals surface area contributed by atoms with Crippen LogP contribution in [0.1, 0.15) is 28.9 Å². The molecule has 7 nitrogen and oxygen atoms in total. The molecule has 0 spiro atoms. The maximum absolute atomic E-state index is 13.0. The molecule has 0 aliphatic carbocycles. The SMILES string of the molecule is CCc1cc(C(F)(F)F)nn1Cc1cc(=O)n2c(-c3cncnc3)c(C)sc2n1. The normalized spacial score (nSPS) is 12.0. The summed E-state index contributed by atoms with van der Waals surface area (Å²) in [7, 11) is 0. The third-order valence-electron chi connectivity index (χ3n) is 4.40. The molecule has 4 heterocycles. The van der Waals surface area contributed by atoms with Crippen molar-refractivity contribution in [1.29, 1.82) is 0 Å². The van der Waals surface area contributed by atoms with Gasteiger partial charge >= 0.3 is 6.18 Å². The first kappa shape index (κ1) is 19.2. The predicted molar refractivity (Wildman–Crippen MR) is 101 cm³/mol. The van der Waals surface area contributed by atoms with E-state index in [4.69, 9.17) is 0 Å². The summed E-state index contributed by atoms with van der Waals surface area (Å²) < 4.78 is 41.7. The van der Waals surface area contributed by atoms with E-state index in [1.807, 2.05) is 6.92 Å². The molecule has 11 heteroatoms. The molecule has 4 aromatic rings. The van der Waals surface area contributed by atoms with E-state index in [2.05, 4.69) is 20.1 Å². The van der Waals surface area contributed by atoms with Crippen LogP contribution in [-0.2, 0) is 19.1 Å². The first-order valence-electron chi connectivity index (χ1n) is 8.69. The van der Waals surface area contributed by atoms with E-state index in [0.29, 0.717) is 34.0 Å². The van der Waals surface area contributed by atoms with Gasteiger partial charge in [-0.15, -0.1) is 11.3 Å². The predicted octanol–water partition coefficient (Wildman–Crippen LogP) is 3.35. The van der Waals surface area contributed by atoms with Crippen LogP contribution in [0.4, 0.5) is 13.2 Å². The molecule has 0 atom stereocenters. The quantitative estimate of drug-likeness (QED) is 0.506. The molecule has 29 heavy (non-hydrogen) atoms. The molecule has 0 fully saturated rings. The van der Waals surface area contributed by atoms with Crippen LogP contribution in [0.2, 0.25) is 0 Å². The summed E-state index contributed by atoms with van der Waals surface area (Å²) in [4.78, 5) is 26.6. The standard InChI is InChI=1S/C18H15F3N6OS/c1-3-13-5-14(18(19,20)21)25-26(13)8-12-4-15(28)27-16(10(2)29-17(27)24-12)11-6-22-9-23-7-11/h4-7,9H,3,8H2,1-2H3. The van der Waals surface area contributed by atoms with E-state index in [0.717, 1.165) is 10.9 Å². The Labute approximate surface area is 166 Å². The summed E-state index contributed by atoms with van der Waals surface area (Å²) in [6.07, 6.45) is 0.469. The largest absolute Gasteiger partial charge is 0.435 e. The molecule has 0 aromatic carbocycles. The molecule has 150 valence electrons. The molecule has 0 aliphatic heterocycles. The maximum Gasteiger partial charge on any atom is 0.435 e. The average Bonchev–Trinajstić information content (AvgIpc) is 3.23. The molecule has 0 amide bonds. The highest BCUT2D eigenvalue weighted by Crippen LogP contribution is 2.30. The van der Waals surface area contributed by atoms with Crippen molar-refractivity contribution in [2.24, 2.45) is 0 Å². The first-order chi connectivity index (χ1) is 13.8. The number of aryl methyl sites for hydroxylation is 2. The lowest BCUT2D eigenvalue weighted by Gasteiger charge is -2.07. The van der Waals surface area contributed by atoms with Gasteiger partial charge in [0.2, 0.25) is 0 Å². The van der Waals surface area contributed by atoms with Crippen molar-refractivity contribution in [2.45, 2.75) is 33.0 Å². The van der Waals surface area contributed by atoms with Crippen LogP contribution in [0.5, 0.6) is 0 Å². The average molecular weight is 420 g/mol. The molecular formula is C18H15F3N6OS. The van der Waals surface area contributed by atoms with Gasteiger partial charge in [0.1, 0.15) is 6.33 Å². The summed E-state index contributed by atoms with van der Waals surface area (Å²) in [6.45, 7) is 3.58. The van der Waals surface area contributed by atoms with E-state index in [-0.39, 0.29) is 12.1 Å². The fourth-order valence-corrected chi connectivity index (χ4v) is 4.14. The molecule has 0 bridgehead atoms. The van der Waals surface area contributed by atoms with Crippen LogP contribution in [-0.4, -0.2) is 29.1 Å². The lowest BCUT2D eigenvalue weighted by molar-refractivity contribution is -0.141. The Morgan fingerprint density at radius 1 is 1.17 bits per heavy atom.